The van der Waals surface area contributed by atoms with Crippen LogP contribution in [0, 0.1) is 5.82 Å². The van der Waals surface area contributed by atoms with Crippen molar-refractivity contribution >= 4 is 5.97 Å². The van der Waals surface area contributed by atoms with Gasteiger partial charge in [-0.2, -0.15) is 0 Å². The van der Waals surface area contributed by atoms with Gasteiger partial charge in [0.15, 0.2) is 0 Å². The van der Waals surface area contributed by atoms with Crippen LogP contribution in [0.1, 0.15) is 24.8 Å². The Bertz CT molecular complexity index is 645. The summed E-state index contributed by atoms with van der Waals surface area (Å²) in [4.78, 5) is 11.0. The molecule has 1 aliphatic rings. The van der Waals surface area contributed by atoms with E-state index in [1.54, 1.807) is 12.1 Å². The molecule has 0 heterocycles. The van der Waals surface area contributed by atoms with E-state index in [4.69, 9.17) is 5.11 Å². The van der Waals surface area contributed by atoms with E-state index < -0.39 is 5.97 Å². The van der Waals surface area contributed by atoms with Gasteiger partial charge in [-0.15, -0.1) is 0 Å². The third-order valence-electron chi connectivity index (χ3n) is 4.01. The summed E-state index contributed by atoms with van der Waals surface area (Å²) in [5, 5.41) is 9.02. The molecule has 0 aliphatic heterocycles. The van der Waals surface area contributed by atoms with Crippen LogP contribution in [0.4, 0.5) is 4.39 Å². The van der Waals surface area contributed by atoms with Gasteiger partial charge in [0.25, 0.3) is 0 Å². The van der Waals surface area contributed by atoms with E-state index in [0.717, 1.165) is 24.0 Å². The van der Waals surface area contributed by atoms with Crippen molar-refractivity contribution in [3.05, 3.63) is 59.9 Å². The maximum absolute atomic E-state index is 14.0. The summed E-state index contributed by atoms with van der Waals surface area (Å²) >= 11 is 0. The van der Waals surface area contributed by atoms with E-state index in [0.29, 0.717) is 5.56 Å². The van der Waals surface area contributed by atoms with E-state index >= 15 is 0 Å². The van der Waals surface area contributed by atoms with Gasteiger partial charge in [0.05, 0.1) is 6.42 Å². The highest BCUT2D eigenvalue weighted by Gasteiger charge is 2.46. The summed E-state index contributed by atoms with van der Waals surface area (Å²) in [6.45, 7) is 0. The molecule has 0 bridgehead atoms. The number of halogens is 1. The standard InChI is InChI=1S/C17H15FO2/c18-15-7-6-13(17(8-9-17)11-16(19)20)10-14(15)12-4-2-1-3-5-12/h1-7,10H,8-9,11H2,(H,19,20). The minimum atomic E-state index is -0.798. The number of carboxylic acid groups (broad SMARTS) is 1. The van der Waals surface area contributed by atoms with Crippen molar-refractivity contribution in [2.45, 2.75) is 24.7 Å². The lowest BCUT2D eigenvalue weighted by molar-refractivity contribution is -0.137. The molecule has 0 radical (unpaired) electrons. The molecule has 1 aliphatic carbocycles. The zero-order valence-corrected chi connectivity index (χ0v) is 11.0. The Morgan fingerprint density at radius 2 is 1.85 bits per heavy atom. The van der Waals surface area contributed by atoms with Gasteiger partial charge < -0.3 is 5.11 Å². The normalized spacial score (nSPS) is 15.8. The number of carboxylic acids is 1. The summed E-state index contributed by atoms with van der Waals surface area (Å²) in [5.74, 6) is -1.07. The van der Waals surface area contributed by atoms with Crippen LogP contribution in [0.25, 0.3) is 11.1 Å². The molecule has 0 saturated heterocycles. The van der Waals surface area contributed by atoms with Gasteiger partial charge >= 0.3 is 5.97 Å². The Morgan fingerprint density at radius 3 is 2.45 bits per heavy atom. The average molecular weight is 270 g/mol. The van der Waals surface area contributed by atoms with Crippen LogP contribution in [0.5, 0.6) is 0 Å². The van der Waals surface area contributed by atoms with Crippen molar-refractivity contribution in [2.75, 3.05) is 0 Å². The molecule has 3 rings (SSSR count). The first-order valence-electron chi connectivity index (χ1n) is 6.68. The molecule has 20 heavy (non-hydrogen) atoms. The molecule has 0 atom stereocenters. The number of hydrogen-bond donors (Lipinski definition) is 1. The Kier molecular flexibility index (Phi) is 3.05. The number of rotatable bonds is 4. The number of benzene rings is 2. The lowest BCUT2D eigenvalue weighted by atomic mass is 9.90. The molecular weight excluding hydrogens is 255 g/mol. The van der Waals surface area contributed by atoms with Crippen molar-refractivity contribution in [3.63, 3.8) is 0 Å². The minimum Gasteiger partial charge on any atom is -0.481 e. The van der Waals surface area contributed by atoms with Gasteiger partial charge in [-0.05, 0) is 36.1 Å². The fourth-order valence-corrected chi connectivity index (χ4v) is 2.70. The number of aliphatic carboxylic acids is 1. The van der Waals surface area contributed by atoms with Crippen molar-refractivity contribution in [1.82, 2.24) is 0 Å². The maximum atomic E-state index is 14.0. The largest absolute Gasteiger partial charge is 0.481 e. The molecule has 0 aromatic heterocycles. The third kappa shape index (κ3) is 2.31. The van der Waals surface area contributed by atoms with Gasteiger partial charge in [0.1, 0.15) is 5.82 Å². The Morgan fingerprint density at radius 1 is 1.15 bits per heavy atom. The summed E-state index contributed by atoms with van der Waals surface area (Å²) in [5.41, 5.74) is 2.00. The Labute approximate surface area is 116 Å². The lowest BCUT2D eigenvalue weighted by Gasteiger charge is -2.15. The molecule has 0 unspecified atom stereocenters. The monoisotopic (exact) mass is 270 g/mol. The van der Waals surface area contributed by atoms with Crippen LogP contribution in [0.2, 0.25) is 0 Å². The lowest BCUT2D eigenvalue weighted by Crippen LogP contribution is -2.13. The molecule has 102 valence electrons. The molecular formula is C17H15FO2. The molecule has 1 fully saturated rings. The highest BCUT2D eigenvalue weighted by Crippen LogP contribution is 2.51. The first-order valence-corrected chi connectivity index (χ1v) is 6.68. The van der Waals surface area contributed by atoms with Crippen molar-refractivity contribution < 1.29 is 14.3 Å². The van der Waals surface area contributed by atoms with E-state index in [2.05, 4.69) is 0 Å². The fourth-order valence-electron chi connectivity index (χ4n) is 2.70. The quantitative estimate of drug-likeness (QED) is 0.911. The van der Waals surface area contributed by atoms with E-state index in [1.165, 1.54) is 6.07 Å². The van der Waals surface area contributed by atoms with E-state index in [-0.39, 0.29) is 17.7 Å². The molecule has 2 nitrogen and oxygen atoms in total. The topological polar surface area (TPSA) is 37.3 Å². The third-order valence-corrected chi connectivity index (χ3v) is 4.01. The SMILES string of the molecule is O=C(O)CC1(c2ccc(F)c(-c3ccccc3)c2)CC1. The second kappa shape index (κ2) is 4.75. The van der Waals surface area contributed by atoms with Gasteiger partial charge in [-0.3, -0.25) is 4.79 Å². The maximum Gasteiger partial charge on any atom is 0.304 e. The van der Waals surface area contributed by atoms with Gasteiger partial charge in [-0.25, -0.2) is 4.39 Å². The van der Waals surface area contributed by atoms with Crippen molar-refractivity contribution in [2.24, 2.45) is 0 Å². The van der Waals surface area contributed by atoms with Crippen LogP contribution in [0.15, 0.2) is 48.5 Å². The molecule has 1 saturated carbocycles. The predicted octanol–water partition coefficient (Wildman–Crippen LogP) is 4.00. The smallest absolute Gasteiger partial charge is 0.304 e. The zero-order chi connectivity index (χ0) is 14.2. The van der Waals surface area contributed by atoms with Gasteiger partial charge in [0, 0.05) is 11.0 Å². The van der Waals surface area contributed by atoms with Crippen molar-refractivity contribution in [1.29, 1.82) is 0 Å². The van der Waals surface area contributed by atoms with Crippen LogP contribution in [-0.2, 0) is 10.2 Å². The molecule has 2 aromatic carbocycles. The van der Waals surface area contributed by atoms with Crippen LogP contribution < -0.4 is 0 Å². The summed E-state index contributed by atoms with van der Waals surface area (Å²) in [6, 6.07) is 14.3. The summed E-state index contributed by atoms with van der Waals surface area (Å²) in [7, 11) is 0. The average Bonchev–Trinajstić information content (AvgIpc) is 3.20. The van der Waals surface area contributed by atoms with Crippen molar-refractivity contribution in [3.8, 4) is 11.1 Å². The van der Waals surface area contributed by atoms with E-state index in [9.17, 15) is 9.18 Å². The number of carbonyl (C=O) groups is 1. The Hall–Kier alpha value is -2.16. The van der Waals surface area contributed by atoms with Crippen LogP contribution >= 0.6 is 0 Å². The predicted molar refractivity (Wildman–Crippen MR) is 75.0 cm³/mol. The second-order valence-electron chi connectivity index (χ2n) is 5.41. The first kappa shape index (κ1) is 12.9. The van der Waals surface area contributed by atoms with Crippen LogP contribution in [0.3, 0.4) is 0 Å². The molecule has 1 N–H and O–H groups in total. The highest BCUT2D eigenvalue weighted by molar-refractivity contribution is 5.71. The van der Waals surface area contributed by atoms with Gasteiger partial charge in [0.2, 0.25) is 0 Å². The van der Waals surface area contributed by atoms with Gasteiger partial charge in [-0.1, -0.05) is 36.4 Å². The molecule has 3 heteroatoms. The Balaban J connectivity index is 2.02. The zero-order valence-electron chi connectivity index (χ0n) is 11.0. The molecule has 0 amide bonds. The second-order valence-corrected chi connectivity index (χ2v) is 5.41. The summed E-state index contributed by atoms with van der Waals surface area (Å²) in [6.07, 6.45) is 1.84. The minimum absolute atomic E-state index is 0.118. The highest BCUT2D eigenvalue weighted by atomic mass is 19.1. The molecule has 0 spiro atoms. The molecule has 2 aromatic rings. The van der Waals surface area contributed by atoms with E-state index in [1.807, 2.05) is 30.3 Å². The summed E-state index contributed by atoms with van der Waals surface area (Å²) < 4.78 is 14.0. The fraction of sp³-hybridized carbons (Fsp3) is 0.235. The first-order chi connectivity index (χ1) is 9.61. The number of hydrogen-bond acceptors (Lipinski definition) is 1. The van der Waals surface area contributed by atoms with Crippen LogP contribution in [-0.4, -0.2) is 11.1 Å².